The SMILES string of the molecule is Cc1ccc([C@@H]2CCCN2C(=O)[C@@H](NC(=O)C2CC2)[C@@H](C)O)cc1C. The number of benzene rings is 1. The molecule has 1 saturated carbocycles. The van der Waals surface area contributed by atoms with Crippen molar-refractivity contribution in [2.45, 2.75) is 64.6 Å². The van der Waals surface area contributed by atoms with E-state index in [0.29, 0.717) is 6.54 Å². The molecule has 25 heavy (non-hydrogen) atoms. The number of hydrogen-bond donors (Lipinski definition) is 2. The molecule has 3 atom stereocenters. The summed E-state index contributed by atoms with van der Waals surface area (Å²) in [4.78, 5) is 27.0. The minimum absolute atomic E-state index is 0.0168. The Labute approximate surface area is 149 Å². The summed E-state index contributed by atoms with van der Waals surface area (Å²) in [6.45, 7) is 6.39. The number of amides is 2. The van der Waals surface area contributed by atoms with Crippen LogP contribution in [0.2, 0.25) is 0 Å². The highest BCUT2D eigenvalue weighted by atomic mass is 16.3. The summed E-state index contributed by atoms with van der Waals surface area (Å²) in [7, 11) is 0. The van der Waals surface area contributed by atoms with Gasteiger partial charge in [-0.05, 0) is 63.1 Å². The fraction of sp³-hybridized carbons (Fsp3) is 0.600. The summed E-state index contributed by atoms with van der Waals surface area (Å²) in [5.74, 6) is -0.269. The second-order valence-corrected chi connectivity index (χ2v) is 7.53. The molecule has 0 unspecified atom stereocenters. The topological polar surface area (TPSA) is 69.6 Å². The third-order valence-electron chi connectivity index (χ3n) is 5.45. The van der Waals surface area contributed by atoms with Crippen molar-refractivity contribution in [1.29, 1.82) is 0 Å². The van der Waals surface area contributed by atoms with E-state index in [1.807, 2.05) is 4.90 Å². The molecule has 1 aliphatic carbocycles. The maximum absolute atomic E-state index is 13.1. The first-order valence-electron chi connectivity index (χ1n) is 9.24. The molecule has 2 amide bonds. The van der Waals surface area contributed by atoms with Gasteiger partial charge in [0, 0.05) is 12.5 Å². The van der Waals surface area contributed by atoms with Crippen LogP contribution in [0.4, 0.5) is 0 Å². The summed E-state index contributed by atoms with van der Waals surface area (Å²) in [5, 5.41) is 12.8. The number of rotatable bonds is 5. The van der Waals surface area contributed by atoms with Crippen LogP contribution in [0.1, 0.15) is 55.3 Å². The van der Waals surface area contributed by atoms with Gasteiger partial charge in [-0.3, -0.25) is 9.59 Å². The van der Waals surface area contributed by atoms with Crippen molar-refractivity contribution in [3.63, 3.8) is 0 Å². The van der Waals surface area contributed by atoms with Gasteiger partial charge in [-0.1, -0.05) is 18.2 Å². The number of likely N-dealkylation sites (tertiary alicyclic amines) is 1. The fourth-order valence-electron chi connectivity index (χ4n) is 3.53. The Balaban J connectivity index is 1.77. The molecule has 2 N–H and O–H groups in total. The molecule has 1 heterocycles. The largest absolute Gasteiger partial charge is 0.391 e. The average molecular weight is 344 g/mol. The standard InChI is InChI=1S/C20H28N2O3/c1-12-6-7-16(11-13(12)2)17-5-4-10-22(17)20(25)18(14(3)23)21-19(24)15-8-9-15/h6-7,11,14-15,17-18,23H,4-5,8-10H2,1-3H3,(H,21,24)/t14-,17+,18+/m1/s1. The second kappa shape index (κ2) is 7.16. The quantitative estimate of drug-likeness (QED) is 0.861. The van der Waals surface area contributed by atoms with Gasteiger partial charge in [0.05, 0.1) is 12.1 Å². The average Bonchev–Trinajstić information content (AvgIpc) is 3.31. The molecular formula is C20H28N2O3. The van der Waals surface area contributed by atoms with Crippen LogP contribution >= 0.6 is 0 Å². The summed E-state index contributed by atoms with van der Waals surface area (Å²) < 4.78 is 0. The van der Waals surface area contributed by atoms with Crippen LogP contribution in [0, 0.1) is 19.8 Å². The molecular weight excluding hydrogens is 316 g/mol. The number of aliphatic hydroxyl groups excluding tert-OH is 1. The molecule has 136 valence electrons. The van der Waals surface area contributed by atoms with E-state index in [-0.39, 0.29) is 23.8 Å². The van der Waals surface area contributed by atoms with E-state index in [2.05, 4.69) is 37.4 Å². The zero-order chi connectivity index (χ0) is 18.1. The molecule has 3 rings (SSSR count). The first-order valence-corrected chi connectivity index (χ1v) is 9.24. The number of hydrogen-bond acceptors (Lipinski definition) is 3. The highest BCUT2D eigenvalue weighted by Crippen LogP contribution is 2.34. The van der Waals surface area contributed by atoms with Crippen LogP contribution in [-0.4, -0.2) is 40.5 Å². The van der Waals surface area contributed by atoms with E-state index >= 15 is 0 Å². The Bertz CT molecular complexity index is 667. The van der Waals surface area contributed by atoms with Gasteiger partial charge in [0.2, 0.25) is 11.8 Å². The van der Waals surface area contributed by atoms with Crippen molar-refractivity contribution >= 4 is 11.8 Å². The van der Waals surface area contributed by atoms with Crippen molar-refractivity contribution in [2.24, 2.45) is 5.92 Å². The number of carbonyl (C=O) groups excluding carboxylic acids is 2. The van der Waals surface area contributed by atoms with E-state index in [0.717, 1.165) is 31.2 Å². The van der Waals surface area contributed by atoms with Crippen molar-refractivity contribution in [2.75, 3.05) is 6.54 Å². The molecule has 0 radical (unpaired) electrons. The van der Waals surface area contributed by atoms with E-state index in [1.165, 1.54) is 11.1 Å². The fourth-order valence-corrected chi connectivity index (χ4v) is 3.53. The molecule has 0 spiro atoms. The number of nitrogens with zero attached hydrogens (tertiary/aromatic N) is 1. The molecule has 5 nitrogen and oxygen atoms in total. The predicted octanol–water partition coefficient (Wildman–Crippen LogP) is 2.24. The minimum atomic E-state index is -0.906. The molecule has 1 saturated heterocycles. The van der Waals surface area contributed by atoms with Gasteiger partial charge in [-0.2, -0.15) is 0 Å². The van der Waals surface area contributed by atoms with Crippen LogP contribution in [-0.2, 0) is 9.59 Å². The number of aryl methyl sites for hydroxylation is 2. The Morgan fingerprint density at radius 3 is 2.52 bits per heavy atom. The molecule has 0 bridgehead atoms. The molecule has 2 fully saturated rings. The van der Waals surface area contributed by atoms with Crippen molar-refractivity contribution in [1.82, 2.24) is 10.2 Å². The zero-order valence-electron chi connectivity index (χ0n) is 15.3. The molecule has 5 heteroatoms. The predicted molar refractivity (Wildman–Crippen MR) is 95.9 cm³/mol. The van der Waals surface area contributed by atoms with Gasteiger partial charge >= 0.3 is 0 Å². The van der Waals surface area contributed by atoms with Gasteiger partial charge < -0.3 is 15.3 Å². The summed E-state index contributed by atoms with van der Waals surface area (Å²) in [6, 6.07) is 5.48. The monoisotopic (exact) mass is 344 g/mol. The van der Waals surface area contributed by atoms with Crippen LogP contribution in [0.5, 0.6) is 0 Å². The molecule has 2 aliphatic rings. The molecule has 1 aromatic carbocycles. The van der Waals surface area contributed by atoms with Gasteiger partial charge in [-0.25, -0.2) is 0 Å². The summed E-state index contributed by atoms with van der Waals surface area (Å²) >= 11 is 0. The first kappa shape index (κ1) is 17.9. The van der Waals surface area contributed by atoms with Crippen molar-refractivity contribution < 1.29 is 14.7 Å². The van der Waals surface area contributed by atoms with E-state index < -0.39 is 12.1 Å². The lowest BCUT2D eigenvalue weighted by Gasteiger charge is -2.31. The Hall–Kier alpha value is -1.88. The Morgan fingerprint density at radius 1 is 1.20 bits per heavy atom. The highest BCUT2D eigenvalue weighted by molar-refractivity contribution is 5.90. The molecule has 1 aromatic rings. The van der Waals surface area contributed by atoms with Crippen molar-refractivity contribution in [3.05, 3.63) is 34.9 Å². The zero-order valence-corrected chi connectivity index (χ0v) is 15.3. The van der Waals surface area contributed by atoms with E-state index in [1.54, 1.807) is 6.92 Å². The number of aliphatic hydroxyl groups is 1. The summed E-state index contributed by atoms with van der Waals surface area (Å²) in [5.41, 5.74) is 3.58. The minimum Gasteiger partial charge on any atom is -0.391 e. The normalized spacial score (nSPS) is 22.6. The van der Waals surface area contributed by atoms with Gasteiger partial charge in [-0.15, -0.1) is 0 Å². The highest BCUT2D eigenvalue weighted by Gasteiger charge is 2.39. The number of nitrogens with one attached hydrogen (secondary N) is 1. The van der Waals surface area contributed by atoms with E-state index in [4.69, 9.17) is 0 Å². The van der Waals surface area contributed by atoms with Crippen molar-refractivity contribution in [3.8, 4) is 0 Å². The second-order valence-electron chi connectivity index (χ2n) is 7.53. The summed E-state index contributed by atoms with van der Waals surface area (Å²) in [6.07, 6.45) is 2.70. The molecule has 1 aliphatic heterocycles. The van der Waals surface area contributed by atoms with Crippen LogP contribution < -0.4 is 5.32 Å². The van der Waals surface area contributed by atoms with Crippen LogP contribution in [0.15, 0.2) is 18.2 Å². The lowest BCUT2D eigenvalue weighted by atomic mass is 9.99. The first-order chi connectivity index (χ1) is 11.9. The third-order valence-corrected chi connectivity index (χ3v) is 5.45. The van der Waals surface area contributed by atoms with Gasteiger partial charge in [0.1, 0.15) is 6.04 Å². The third kappa shape index (κ3) is 3.87. The smallest absolute Gasteiger partial charge is 0.248 e. The van der Waals surface area contributed by atoms with Gasteiger partial charge in [0.25, 0.3) is 0 Å². The Kier molecular flexibility index (Phi) is 5.13. The Morgan fingerprint density at radius 2 is 1.92 bits per heavy atom. The molecule has 0 aromatic heterocycles. The lowest BCUT2D eigenvalue weighted by Crippen LogP contribution is -2.53. The van der Waals surface area contributed by atoms with E-state index in [9.17, 15) is 14.7 Å². The van der Waals surface area contributed by atoms with Crippen LogP contribution in [0.25, 0.3) is 0 Å². The number of carbonyl (C=O) groups is 2. The maximum Gasteiger partial charge on any atom is 0.248 e. The van der Waals surface area contributed by atoms with Gasteiger partial charge in [0.15, 0.2) is 0 Å². The van der Waals surface area contributed by atoms with Crippen LogP contribution in [0.3, 0.4) is 0 Å². The maximum atomic E-state index is 13.1. The lowest BCUT2D eigenvalue weighted by molar-refractivity contribution is -0.140.